The van der Waals surface area contributed by atoms with Gasteiger partial charge in [-0.3, -0.25) is 4.98 Å². The van der Waals surface area contributed by atoms with Crippen LogP contribution in [0.25, 0.3) is 21.6 Å². The van der Waals surface area contributed by atoms with E-state index in [2.05, 4.69) is 47.6 Å². The van der Waals surface area contributed by atoms with E-state index in [4.69, 9.17) is 9.97 Å². The van der Waals surface area contributed by atoms with Crippen LogP contribution in [0.1, 0.15) is 41.8 Å². The third kappa shape index (κ3) is 3.16. The van der Waals surface area contributed by atoms with Crippen LogP contribution in [0, 0.1) is 0 Å². The average Bonchev–Trinajstić information content (AvgIpc) is 3.13. The quantitative estimate of drug-likeness (QED) is 0.481. The van der Waals surface area contributed by atoms with Gasteiger partial charge in [0.05, 0.1) is 5.39 Å². The van der Waals surface area contributed by atoms with Gasteiger partial charge in [-0.2, -0.15) is 0 Å². The molecule has 1 aliphatic carbocycles. The molecule has 140 valence electrons. The van der Waals surface area contributed by atoms with Gasteiger partial charge in [0.1, 0.15) is 10.6 Å². The van der Waals surface area contributed by atoms with Crippen molar-refractivity contribution in [1.82, 2.24) is 15.0 Å². The fourth-order valence-corrected chi connectivity index (χ4v) is 5.18. The molecule has 0 bridgehead atoms. The van der Waals surface area contributed by atoms with Gasteiger partial charge in [-0.05, 0) is 55.9 Å². The van der Waals surface area contributed by atoms with Gasteiger partial charge in [0, 0.05) is 28.9 Å². The Hall–Kier alpha value is -2.79. The maximum Gasteiger partial charge on any atom is 0.164 e. The lowest BCUT2D eigenvalue weighted by Crippen LogP contribution is -2.10. The van der Waals surface area contributed by atoms with Crippen LogP contribution < -0.4 is 5.32 Å². The number of pyridine rings is 1. The molecule has 3 aromatic heterocycles. The number of hydrogen-bond acceptors (Lipinski definition) is 5. The standard InChI is InChI=1S/C23H22N4S/c1-15(16-8-3-2-4-9-16)25-22-20-18-11-5-6-12-19(18)28-23(20)27-21(26-22)17-10-7-13-24-14-17/h2-4,7-10,13-15H,5-6,11-12H2,1H3,(H,25,26,27). The predicted octanol–water partition coefficient (Wildman–Crippen LogP) is 5.81. The Labute approximate surface area is 168 Å². The Bertz CT molecular complexity index is 1110. The Morgan fingerprint density at radius 2 is 1.86 bits per heavy atom. The van der Waals surface area contributed by atoms with Crippen LogP contribution in [-0.4, -0.2) is 15.0 Å². The molecule has 3 heterocycles. The molecule has 0 saturated heterocycles. The molecule has 5 rings (SSSR count). The van der Waals surface area contributed by atoms with E-state index >= 15 is 0 Å². The molecule has 5 heteroatoms. The van der Waals surface area contributed by atoms with E-state index < -0.39 is 0 Å². The Kier molecular flexibility index (Phi) is 4.53. The largest absolute Gasteiger partial charge is 0.363 e. The first-order valence-electron chi connectivity index (χ1n) is 9.84. The summed E-state index contributed by atoms with van der Waals surface area (Å²) in [5, 5.41) is 4.90. The fourth-order valence-electron chi connectivity index (χ4n) is 3.92. The third-order valence-electron chi connectivity index (χ3n) is 5.39. The highest BCUT2D eigenvalue weighted by Crippen LogP contribution is 2.40. The molecular weight excluding hydrogens is 364 g/mol. The van der Waals surface area contributed by atoms with Gasteiger partial charge >= 0.3 is 0 Å². The predicted molar refractivity (Wildman–Crippen MR) is 116 cm³/mol. The van der Waals surface area contributed by atoms with Gasteiger partial charge in [0.25, 0.3) is 0 Å². The summed E-state index contributed by atoms with van der Waals surface area (Å²) in [6.07, 6.45) is 8.41. The molecule has 28 heavy (non-hydrogen) atoms. The molecule has 1 atom stereocenters. The van der Waals surface area contributed by atoms with Crippen molar-refractivity contribution in [2.45, 2.75) is 38.6 Å². The third-order valence-corrected chi connectivity index (χ3v) is 6.57. The first-order valence-corrected chi connectivity index (χ1v) is 10.7. The smallest absolute Gasteiger partial charge is 0.164 e. The van der Waals surface area contributed by atoms with E-state index in [1.54, 1.807) is 6.20 Å². The lowest BCUT2D eigenvalue weighted by atomic mass is 9.97. The molecule has 0 amide bonds. The van der Waals surface area contributed by atoms with Gasteiger partial charge in [-0.15, -0.1) is 11.3 Å². The number of aryl methyl sites for hydroxylation is 2. The maximum absolute atomic E-state index is 4.96. The fraction of sp³-hybridized carbons (Fsp3) is 0.261. The molecule has 0 aliphatic heterocycles. The Morgan fingerprint density at radius 3 is 2.68 bits per heavy atom. The van der Waals surface area contributed by atoms with Crippen molar-refractivity contribution in [3.05, 3.63) is 70.9 Å². The number of anilines is 1. The monoisotopic (exact) mass is 386 g/mol. The molecule has 4 aromatic rings. The van der Waals surface area contributed by atoms with E-state index in [0.29, 0.717) is 0 Å². The molecular formula is C23H22N4S. The number of hydrogen-bond donors (Lipinski definition) is 1. The lowest BCUT2D eigenvalue weighted by molar-refractivity contribution is 0.700. The van der Waals surface area contributed by atoms with Crippen molar-refractivity contribution in [2.24, 2.45) is 0 Å². The first-order chi connectivity index (χ1) is 13.8. The van der Waals surface area contributed by atoms with Crippen LogP contribution >= 0.6 is 11.3 Å². The van der Waals surface area contributed by atoms with Gasteiger partial charge in [-0.25, -0.2) is 9.97 Å². The Morgan fingerprint density at radius 1 is 1.00 bits per heavy atom. The highest BCUT2D eigenvalue weighted by molar-refractivity contribution is 7.19. The van der Waals surface area contributed by atoms with Crippen molar-refractivity contribution >= 4 is 27.4 Å². The zero-order chi connectivity index (χ0) is 18.9. The van der Waals surface area contributed by atoms with E-state index in [1.807, 2.05) is 29.7 Å². The highest BCUT2D eigenvalue weighted by atomic mass is 32.1. The van der Waals surface area contributed by atoms with Gasteiger partial charge in [0.2, 0.25) is 0 Å². The van der Waals surface area contributed by atoms with Crippen LogP contribution in [0.4, 0.5) is 5.82 Å². The lowest BCUT2D eigenvalue weighted by Gasteiger charge is -2.18. The van der Waals surface area contributed by atoms with Gasteiger partial charge in [0.15, 0.2) is 5.82 Å². The Balaban J connectivity index is 1.65. The van der Waals surface area contributed by atoms with Crippen LogP contribution in [-0.2, 0) is 12.8 Å². The van der Waals surface area contributed by atoms with E-state index in [-0.39, 0.29) is 6.04 Å². The van der Waals surface area contributed by atoms with Crippen LogP contribution in [0.15, 0.2) is 54.9 Å². The minimum Gasteiger partial charge on any atom is -0.363 e. The summed E-state index contributed by atoms with van der Waals surface area (Å²) in [7, 11) is 0. The first kappa shape index (κ1) is 17.3. The van der Waals surface area contributed by atoms with Gasteiger partial charge in [-0.1, -0.05) is 30.3 Å². The zero-order valence-electron chi connectivity index (χ0n) is 15.9. The van der Waals surface area contributed by atoms with E-state index in [0.717, 1.165) is 34.9 Å². The van der Waals surface area contributed by atoms with Crippen LogP contribution in [0.5, 0.6) is 0 Å². The summed E-state index contributed by atoms with van der Waals surface area (Å²) in [5.74, 6) is 1.68. The molecule has 4 nitrogen and oxygen atoms in total. The minimum atomic E-state index is 0.167. The number of aromatic nitrogens is 3. The molecule has 1 aromatic carbocycles. The van der Waals surface area contributed by atoms with Crippen molar-refractivity contribution in [1.29, 1.82) is 0 Å². The number of rotatable bonds is 4. The summed E-state index contributed by atoms with van der Waals surface area (Å²) in [4.78, 5) is 16.7. The maximum atomic E-state index is 4.96. The van der Waals surface area contributed by atoms with Crippen molar-refractivity contribution < 1.29 is 0 Å². The summed E-state index contributed by atoms with van der Waals surface area (Å²) in [6, 6.07) is 14.6. The average molecular weight is 387 g/mol. The van der Waals surface area contributed by atoms with E-state index in [9.17, 15) is 0 Å². The van der Waals surface area contributed by atoms with Crippen molar-refractivity contribution in [3.63, 3.8) is 0 Å². The minimum absolute atomic E-state index is 0.167. The number of thiophene rings is 1. The molecule has 0 fully saturated rings. The molecule has 1 N–H and O–H groups in total. The van der Waals surface area contributed by atoms with Crippen LogP contribution in [0.2, 0.25) is 0 Å². The molecule has 1 aliphatic rings. The topological polar surface area (TPSA) is 50.7 Å². The van der Waals surface area contributed by atoms with Crippen LogP contribution in [0.3, 0.4) is 0 Å². The van der Waals surface area contributed by atoms with Gasteiger partial charge < -0.3 is 5.32 Å². The van der Waals surface area contributed by atoms with Crippen molar-refractivity contribution in [3.8, 4) is 11.4 Å². The molecule has 0 saturated carbocycles. The SMILES string of the molecule is CC(Nc1nc(-c2cccnc2)nc2sc3c(c12)CCCC3)c1ccccc1. The van der Waals surface area contributed by atoms with E-state index in [1.165, 1.54) is 34.2 Å². The normalized spacial score (nSPS) is 14.6. The number of nitrogens with one attached hydrogen (secondary N) is 1. The number of benzene rings is 1. The summed E-state index contributed by atoms with van der Waals surface area (Å²) in [5.41, 5.74) is 3.65. The number of nitrogens with zero attached hydrogens (tertiary/aromatic N) is 3. The van der Waals surface area contributed by atoms with Crippen molar-refractivity contribution in [2.75, 3.05) is 5.32 Å². The second-order valence-corrected chi connectivity index (χ2v) is 8.39. The molecule has 1 unspecified atom stereocenters. The molecule has 0 spiro atoms. The molecule has 0 radical (unpaired) electrons. The highest BCUT2D eigenvalue weighted by Gasteiger charge is 2.22. The second-order valence-electron chi connectivity index (χ2n) is 7.31. The number of fused-ring (bicyclic) bond motifs is 3. The summed E-state index contributed by atoms with van der Waals surface area (Å²) >= 11 is 1.83. The summed E-state index contributed by atoms with van der Waals surface area (Å²) in [6.45, 7) is 2.19. The summed E-state index contributed by atoms with van der Waals surface area (Å²) < 4.78 is 0. The zero-order valence-corrected chi connectivity index (χ0v) is 16.7. The second kappa shape index (κ2) is 7.32.